The third-order valence-corrected chi connectivity index (χ3v) is 2.88. The Hall–Kier alpha value is -2.27. The fraction of sp³-hybridized carbons (Fsp3) is 0.200. The van der Waals surface area contributed by atoms with Crippen LogP contribution in [-0.4, -0.2) is 22.6 Å². The highest BCUT2D eigenvalue weighted by molar-refractivity contribution is 5.87. The number of aromatic carboxylic acids is 1. The van der Waals surface area contributed by atoms with E-state index >= 15 is 0 Å². The molecule has 0 aliphatic carbocycles. The smallest absolute Gasteiger partial charge is 0.337 e. The Bertz CT molecular complexity index is 567. The molecule has 2 aromatic rings. The van der Waals surface area contributed by atoms with Crippen LogP contribution in [0.5, 0.6) is 0 Å². The number of aromatic nitrogens is 1. The van der Waals surface area contributed by atoms with Crippen molar-refractivity contribution in [3.05, 3.63) is 65.2 Å². The summed E-state index contributed by atoms with van der Waals surface area (Å²) in [4.78, 5) is 14.7. The van der Waals surface area contributed by atoms with Gasteiger partial charge in [0.05, 0.1) is 11.3 Å². The number of carboxylic acid groups (broad SMARTS) is 1. The van der Waals surface area contributed by atoms with Crippen LogP contribution in [0, 0.1) is 5.82 Å². The number of nitrogens with one attached hydrogen (secondary N) is 1. The van der Waals surface area contributed by atoms with Crippen LogP contribution in [-0.2, 0) is 13.0 Å². The summed E-state index contributed by atoms with van der Waals surface area (Å²) in [7, 11) is 0. The van der Waals surface area contributed by atoms with Crippen LogP contribution in [0.4, 0.5) is 4.39 Å². The number of rotatable bonds is 6. The topological polar surface area (TPSA) is 62.2 Å². The predicted octanol–water partition coefficient (Wildman–Crippen LogP) is 2.25. The van der Waals surface area contributed by atoms with E-state index in [9.17, 15) is 9.18 Å². The SMILES string of the molecule is O=C(O)c1ccc(CNCCc2ccc(F)cc2)nc1. The molecular weight excluding hydrogens is 259 g/mol. The standard InChI is InChI=1S/C15H15FN2O2/c16-13-4-1-11(2-5-13)7-8-17-10-14-6-3-12(9-18-14)15(19)20/h1-6,9,17H,7-8,10H2,(H,19,20). The highest BCUT2D eigenvalue weighted by atomic mass is 19.1. The van der Waals surface area contributed by atoms with Crippen LogP contribution >= 0.6 is 0 Å². The van der Waals surface area contributed by atoms with Crippen molar-refractivity contribution in [3.8, 4) is 0 Å². The number of hydrogen-bond acceptors (Lipinski definition) is 3. The van der Waals surface area contributed by atoms with Crippen LogP contribution in [0.15, 0.2) is 42.6 Å². The van der Waals surface area contributed by atoms with E-state index < -0.39 is 5.97 Å². The number of pyridine rings is 1. The molecule has 0 atom stereocenters. The van der Waals surface area contributed by atoms with Gasteiger partial charge in [0.1, 0.15) is 5.82 Å². The molecule has 1 aromatic heterocycles. The first-order chi connectivity index (χ1) is 9.65. The Morgan fingerprint density at radius 3 is 2.55 bits per heavy atom. The van der Waals surface area contributed by atoms with E-state index in [1.165, 1.54) is 24.4 Å². The molecule has 0 unspecified atom stereocenters. The largest absolute Gasteiger partial charge is 0.478 e. The zero-order chi connectivity index (χ0) is 14.4. The summed E-state index contributed by atoms with van der Waals surface area (Å²) in [5.41, 5.74) is 2.03. The first-order valence-corrected chi connectivity index (χ1v) is 6.28. The van der Waals surface area contributed by atoms with E-state index in [0.717, 1.165) is 24.2 Å². The van der Waals surface area contributed by atoms with Gasteiger partial charge in [0.15, 0.2) is 0 Å². The molecule has 2 rings (SSSR count). The lowest BCUT2D eigenvalue weighted by atomic mass is 10.1. The van der Waals surface area contributed by atoms with Gasteiger partial charge in [0.2, 0.25) is 0 Å². The third kappa shape index (κ3) is 4.13. The maximum Gasteiger partial charge on any atom is 0.337 e. The molecule has 0 fully saturated rings. The molecule has 4 nitrogen and oxygen atoms in total. The van der Waals surface area contributed by atoms with Crippen molar-refractivity contribution < 1.29 is 14.3 Å². The van der Waals surface area contributed by atoms with Gasteiger partial charge in [-0.15, -0.1) is 0 Å². The molecule has 0 spiro atoms. The Balaban J connectivity index is 1.75. The Morgan fingerprint density at radius 2 is 1.95 bits per heavy atom. The minimum atomic E-state index is -0.978. The average Bonchev–Trinajstić information content (AvgIpc) is 2.46. The van der Waals surface area contributed by atoms with Gasteiger partial charge in [-0.05, 0) is 42.8 Å². The van der Waals surface area contributed by atoms with Gasteiger partial charge in [0.25, 0.3) is 0 Å². The molecule has 1 heterocycles. The van der Waals surface area contributed by atoms with E-state index in [1.807, 2.05) is 0 Å². The molecule has 0 radical (unpaired) electrons. The second-order valence-electron chi connectivity index (χ2n) is 4.40. The molecule has 0 amide bonds. The Morgan fingerprint density at radius 1 is 1.20 bits per heavy atom. The molecule has 0 aliphatic rings. The van der Waals surface area contributed by atoms with Crippen LogP contribution < -0.4 is 5.32 Å². The van der Waals surface area contributed by atoms with Crippen LogP contribution in [0.25, 0.3) is 0 Å². The molecule has 104 valence electrons. The zero-order valence-electron chi connectivity index (χ0n) is 10.8. The first kappa shape index (κ1) is 14.1. The van der Waals surface area contributed by atoms with Crippen molar-refractivity contribution in [1.29, 1.82) is 0 Å². The van der Waals surface area contributed by atoms with Crippen molar-refractivity contribution in [1.82, 2.24) is 10.3 Å². The minimum Gasteiger partial charge on any atom is -0.478 e. The van der Waals surface area contributed by atoms with Crippen LogP contribution in [0.1, 0.15) is 21.6 Å². The second-order valence-corrected chi connectivity index (χ2v) is 4.40. The highest BCUT2D eigenvalue weighted by Crippen LogP contribution is 2.03. The lowest BCUT2D eigenvalue weighted by molar-refractivity contribution is 0.0696. The Kier molecular flexibility index (Phi) is 4.79. The molecule has 1 aromatic carbocycles. The summed E-state index contributed by atoms with van der Waals surface area (Å²) in [5, 5.41) is 12.0. The zero-order valence-corrected chi connectivity index (χ0v) is 10.8. The third-order valence-electron chi connectivity index (χ3n) is 2.88. The van der Waals surface area contributed by atoms with E-state index in [2.05, 4.69) is 10.3 Å². The quantitative estimate of drug-likeness (QED) is 0.793. The second kappa shape index (κ2) is 6.77. The molecular formula is C15H15FN2O2. The van der Waals surface area contributed by atoms with Crippen LogP contribution in [0.3, 0.4) is 0 Å². The van der Waals surface area contributed by atoms with E-state index in [0.29, 0.717) is 6.54 Å². The summed E-state index contributed by atoms with van der Waals surface area (Å²) < 4.78 is 12.7. The number of benzene rings is 1. The van der Waals surface area contributed by atoms with Crippen LogP contribution in [0.2, 0.25) is 0 Å². The summed E-state index contributed by atoms with van der Waals surface area (Å²) in [6.45, 7) is 1.31. The van der Waals surface area contributed by atoms with Gasteiger partial charge in [0, 0.05) is 12.7 Å². The van der Waals surface area contributed by atoms with Gasteiger partial charge < -0.3 is 10.4 Å². The van der Waals surface area contributed by atoms with Crippen molar-refractivity contribution in [2.75, 3.05) is 6.54 Å². The van der Waals surface area contributed by atoms with Gasteiger partial charge in [-0.25, -0.2) is 9.18 Å². The van der Waals surface area contributed by atoms with E-state index in [4.69, 9.17) is 5.11 Å². The lowest BCUT2D eigenvalue weighted by Crippen LogP contribution is -2.17. The lowest BCUT2D eigenvalue weighted by Gasteiger charge is -2.05. The molecule has 20 heavy (non-hydrogen) atoms. The average molecular weight is 274 g/mol. The van der Waals surface area contributed by atoms with Crippen molar-refractivity contribution in [2.24, 2.45) is 0 Å². The first-order valence-electron chi connectivity index (χ1n) is 6.28. The normalized spacial score (nSPS) is 10.4. The number of carboxylic acids is 1. The maximum absolute atomic E-state index is 12.7. The Labute approximate surface area is 116 Å². The predicted molar refractivity (Wildman–Crippen MR) is 73.0 cm³/mol. The molecule has 2 N–H and O–H groups in total. The van der Waals surface area contributed by atoms with Crippen molar-refractivity contribution in [2.45, 2.75) is 13.0 Å². The number of halogens is 1. The minimum absolute atomic E-state index is 0.181. The van der Waals surface area contributed by atoms with Gasteiger partial charge >= 0.3 is 5.97 Å². The number of nitrogens with zero attached hydrogens (tertiary/aromatic N) is 1. The van der Waals surface area contributed by atoms with Crippen molar-refractivity contribution in [3.63, 3.8) is 0 Å². The molecule has 0 saturated carbocycles. The number of carbonyl (C=O) groups is 1. The molecule has 0 aliphatic heterocycles. The van der Waals surface area contributed by atoms with Crippen molar-refractivity contribution >= 4 is 5.97 Å². The van der Waals surface area contributed by atoms with E-state index in [1.54, 1.807) is 18.2 Å². The molecule has 0 saturated heterocycles. The summed E-state index contributed by atoms with van der Waals surface area (Å²) in [5.74, 6) is -1.21. The monoisotopic (exact) mass is 274 g/mol. The summed E-state index contributed by atoms with van der Waals surface area (Å²) in [6.07, 6.45) is 2.15. The maximum atomic E-state index is 12.7. The summed E-state index contributed by atoms with van der Waals surface area (Å²) >= 11 is 0. The molecule has 5 heteroatoms. The van der Waals surface area contributed by atoms with Gasteiger partial charge in [-0.3, -0.25) is 4.98 Å². The van der Waals surface area contributed by atoms with Gasteiger partial charge in [-0.1, -0.05) is 12.1 Å². The molecule has 0 bridgehead atoms. The van der Waals surface area contributed by atoms with Gasteiger partial charge in [-0.2, -0.15) is 0 Å². The fourth-order valence-corrected chi connectivity index (χ4v) is 1.76. The highest BCUT2D eigenvalue weighted by Gasteiger charge is 2.02. The fourth-order valence-electron chi connectivity index (χ4n) is 1.76. The number of hydrogen-bond donors (Lipinski definition) is 2. The van der Waals surface area contributed by atoms with E-state index in [-0.39, 0.29) is 11.4 Å². The summed E-state index contributed by atoms with van der Waals surface area (Å²) in [6, 6.07) is 9.64.